The maximum absolute atomic E-state index is 5.96. The Hall–Kier alpha value is -1.42. The van der Waals surface area contributed by atoms with E-state index in [1.165, 1.54) is 6.42 Å². The number of methoxy groups -OCH3 is 1. The van der Waals surface area contributed by atoms with Crippen molar-refractivity contribution >= 4 is 17.6 Å². The number of nitrogens with zero attached hydrogens (tertiary/aromatic N) is 2. The van der Waals surface area contributed by atoms with E-state index in [4.69, 9.17) is 16.3 Å². The molecular formula is C15H24ClN3O. The molecule has 1 rings (SSSR count). The molecule has 0 aliphatic rings. The van der Waals surface area contributed by atoms with E-state index in [0.29, 0.717) is 11.6 Å². The summed E-state index contributed by atoms with van der Waals surface area (Å²) in [6, 6.07) is 5.65. The minimum atomic E-state index is 0.656. The highest BCUT2D eigenvalue weighted by Gasteiger charge is 2.08. The van der Waals surface area contributed by atoms with Gasteiger partial charge < -0.3 is 15.0 Å². The van der Waals surface area contributed by atoms with Crippen LogP contribution in [0.3, 0.4) is 0 Å². The first kappa shape index (κ1) is 16.6. The van der Waals surface area contributed by atoms with Gasteiger partial charge in [-0.1, -0.05) is 31.0 Å². The van der Waals surface area contributed by atoms with Crippen LogP contribution in [0.1, 0.15) is 25.3 Å². The number of aliphatic imine (C=N–C) groups is 1. The van der Waals surface area contributed by atoms with Crippen LogP contribution in [-0.2, 0) is 6.54 Å². The molecule has 112 valence electrons. The minimum absolute atomic E-state index is 0.656. The van der Waals surface area contributed by atoms with Crippen molar-refractivity contribution in [3.8, 4) is 5.75 Å². The standard InChI is InChI=1S/C15H24ClN3O/c1-5-6-9-19(3)15(17-2)18-11-12-7-8-13(16)10-14(12)20-4/h7-8,10H,5-6,9,11H2,1-4H3,(H,17,18). The molecule has 0 radical (unpaired) electrons. The number of rotatable bonds is 6. The Morgan fingerprint density at radius 3 is 2.80 bits per heavy atom. The van der Waals surface area contributed by atoms with E-state index < -0.39 is 0 Å². The lowest BCUT2D eigenvalue weighted by Crippen LogP contribution is -2.39. The van der Waals surface area contributed by atoms with Crippen molar-refractivity contribution in [2.24, 2.45) is 4.99 Å². The first-order valence-electron chi connectivity index (χ1n) is 6.86. The molecule has 0 amide bonds. The SMILES string of the molecule is CCCCN(C)C(=NC)NCc1ccc(Cl)cc1OC. The molecule has 5 heteroatoms. The first-order chi connectivity index (χ1) is 9.62. The molecule has 0 aromatic heterocycles. The van der Waals surface area contributed by atoms with Crippen molar-refractivity contribution in [3.63, 3.8) is 0 Å². The summed E-state index contributed by atoms with van der Waals surface area (Å²) in [5.74, 6) is 1.67. The minimum Gasteiger partial charge on any atom is -0.496 e. The summed E-state index contributed by atoms with van der Waals surface area (Å²) in [5, 5.41) is 4.02. The summed E-state index contributed by atoms with van der Waals surface area (Å²) in [7, 11) is 5.49. The highest BCUT2D eigenvalue weighted by molar-refractivity contribution is 6.30. The molecule has 0 bridgehead atoms. The molecule has 0 heterocycles. The molecule has 1 N–H and O–H groups in total. The maximum atomic E-state index is 5.96. The van der Waals surface area contributed by atoms with Crippen molar-refractivity contribution < 1.29 is 4.74 Å². The van der Waals surface area contributed by atoms with E-state index in [0.717, 1.165) is 30.2 Å². The third-order valence-electron chi connectivity index (χ3n) is 3.11. The Morgan fingerprint density at radius 2 is 2.20 bits per heavy atom. The van der Waals surface area contributed by atoms with Gasteiger partial charge in [-0.3, -0.25) is 4.99 Å². The Labute approximate surface area is 126 Å². The number of unbranched alkanes of at least 4 members (excludes halogenated alkanes) is 1. The van der Waals surface area contributed by atoms with Crippen LogP contribution in [0.5, 0.6) is 5.75 Å². The smallest absolute Gasteiger partial charge is 0.193 e. The summed E-state index contributed by atoms with van der Waals surface area (Å²) in [5.41, 5.74) is 1.06. The van der Waals surface area contributed by atoms with Crippen LogP contribution in [0.4, 0.5) is 0 Å². The zero-order valence-corrected chi connectivity index (χ0v) is 13.5. The van der Waals surface area contributed by atoms with Gasteiger partial charge in [0.05, 0.1) is 7.11 Å². The lowest BCUT2D eigenvalue weighted by Gasteiger charge is -2.22. The van der Waals surface area contributed by atoms with Crippen molar-refractivity contribution in [2.75, 3.05) is 27.7 Å². The fourth-order valence-corrected chi connectivity index (χ4v) is 2.09. The second kappa shape index (κ2) is 8.69. The molecule has 0 fully saturated rings. The molecular weight excluding hydrogens is 274 g/mol. The van der Waals surface area contributed by atoms with Gasteiger partial charge in [0.2, 0.25) is 0 Å². The molecule has 4 nitrogen and oxygen atoms in total. The van der Waals surface area contributed by atoms with Gasteiger partial charge in [0.25, 0.3) is 0 Å². The Balaban J connectivity index is 2.65. The lowest BCUT2D eigenvalue weighted by atomic mass is 10.2. The van der Waals surface area contributed by atoms with Crippen molar-refractivity contribution in [3.05, 3.63) is 28.8 Å². The molecule has 1 aromatic rings. The number of hydrogen-bond donors (Lipinski definition) is 1. The number of hydrogen-bond acceptors (Lipinski definition) is 2. The van der Waals surface area contributed by atoms with Gasteiger partial charge in [-0.15, -0.1) is 0 Å². The van der Waals surface area contributed by atoms with Crippen LogP contribution in [-0.4, -0.2) is 38.6 Å². The van der Waals surface area contributed by atoms with E-state index in [-0.39, 0.29) is 0 Å². The molecule has 20 heavy (non-hydrogen) atoms. The van der Waals surface area contributed by atoms with Gasteiger partial charge in [0, 0.05) is 37.8 Å². The Bertz CT molecular complexity index is 449. The van der Waals surface area contributed by atoms with E-state index in [1.807, 2.05) is 25.2 Å². The van der Waals surface area contributed by atoms with Gasteiger partial charge in [-0.05, 0) is 18.6 Å². The van der Waals surface area contributed by atoms with Crippen molar-refractivity contribution in [1.82, 2.24) is 10.2 Å². The van der Waals surface area contributed by atoms with Gasteiger partial charge in [0.1, 0.15) is 5.75 Å². The van der Waals surface area contributed by atoms with Crippen LogP contribution in [0.15, 0.2) is 23.2 Å². The highest BCUT2D eigenvalue weighted by atomic mass is 35.5. The Kier molecular flexibility index (Phi) is 7.23. The third-order valence-corrected chi connectivity index (χ3v) is 3.34. The Morgan fingerprint density at radius 1 is 1.45 bits per heavy atom. The average molecular weight is 298 g/mol. The number of guanidine groups is 1. The number of benzene rings is 1. The largest absolute Gasteiger partial charge is 0.496 e. The lowest BCUT2D eigenvalue weighted by molar-refractivity contribution is 0.408. The molecule has 0 aliphatic carbocycles. The molecule has 0 saturated heterocycles. The van der Waals surface area contributed by atoms with E-state index >= 15 is 0 Å². The first-order valence-corrected chi connectivity index (χ1v) is 7.24. The summed E-state index contributed by atoms with van der Waals surface area (Å²) >= 11 is 5.96. The summed E-state index contributed by atoms with van der Waals surface area (Å²) in [4.78, 5) is 6.42. The maximum Gasteiger partial charge on any atom is 0.193 e. The third kappa shape index (κ3) is 4.93. The molecule has 1 aromatic carbocycles. The van der Waals surface area contributed by atoms with Gasteiger partial charge >= 0.3 is 0 Å². The van der Waals surface area contributed by atoms with Crippen molar-refractivity contribution in [1.29, 1.82) is 0 Å². The van der Waals surface area contributed by atoms with Crippen LogP contribution in [0.25, 0.3) is 0 Å². The summed E-state index contributed by atoms with van der Waals surface area (Å²) in [6.07, 6.45) is 2.33. The molecule has 0 saturated carbocycles. The topological polar surface area (TPSA) is 36.9 Å². The number of nitrogens with one attached hydrogen (secondary N) is 1. The molecule has 0 spiro atoms. The van der Waals surface area contributed by atoms with Crippen LogP contribution in [0, 0.1) is 0 Å². The zero-order chi connectivity index (χ0) is 15.0. The van der Waals surface area contributed by atoms with E-state index in [9.17, 15) is 0 Å². The molecule has 0 atom stereocenters. The van der Waals surface area contributed by atoms with E-state index in [1.54, 1.807) is 14.2 Å². The average Bonchev–Trinajstić information content (AvgIpc) is 2.46. The predicted molar refractivity (Wildman–Crippen MR) is 85.7 cm³/mol. The predicted octanol–water partition coefficient (Wildman–Crippen LogP) is 3.16. The fraction of sp³-hybridized carbons (Fsp3) is 0.533. The summed E-state index contributed by atoms with van der Waals surface area (Å²) in [6.45, 7) is 3.83. The quantitative estimate of drug-likeness (QED) is 0.647. The summed E-state index contributed by atoms with van der Waals surface area (Å²) < 4.78 is 5.34. The number of ether oxygens (including phenoxy) is 1. The van der Waals surface area contributed by atoms with E-state index in [2.05, 4.69) is 22.1 Å². The highest BCUT2D eigenvalue weighted by Crippen LogP contribution is 2.22. The van der Waals surface area contributed by atoms with Crippen molar-refractivity contribution in [2.45, 2.75) is 26.3 Å². The second-order valence-corrected chi connectivity index (χ2v) is 5.07. The second-order valence-electron chi connectivity index (χ2n) is 4.63. The monoisotopic (exact) mass is 297 g/mol. The van der Waals surface area contributed by atoms with Crippen LogP contribution < -0.4 is 10.1 Å². The molecule has 0 unspecified atom stereocenters. The zero-order valence-electron chi connectivity index (χ0n) is 12.7. The molecule has 0 aliphatic heterocycles. The normalized spacial score (nSPS) is 11.3. The number of halogens is 1. The van der Waals surface area contributed by atoms with Crippen LogP contribution >= 0.6 is 11.6 Å². The van der Waals surface area contributed by atoms with Gasteiger partial charge in [-0.2, -0.15) is 0 Å². The van der Waals surface area contributed by atoms with Crippen LogP contribution in [0.2, 0.25) is 5.02 Å². The fourth-order valence-electron chi connectivity index (χ4n) is 1.92. The van der Waals surface area contributed by atoms with Gasteiger partial charge in [-0.25, -0.2) is 0 Å². The van der Waals surface area contributed by atoms with Gasteiger partial charge in [0.15, 0.2) is 5.96 Å².